The van der Waals surface area contributed by atoms with Crippen LogP contribution in [0.4, 0.5) is 0 Å². The maximum Gasteiger partial charge on any atom is 0.334 e. The van der Waals surface area contributed by atoms with Crippen LogP contribution in [0.5, 0.6) is 0 Å². The van der Waals surface area contributed by atoms with Crippen molar-refractivity contribution >= 4 is 17.9 Å². The molecule has 3 aliphatic heterocycles. The largest absolute Gasteiger partial charge is 0.462 e. The summed E-state index contributed by atoms with van der Waals surface area (Å²) in [5, 5.41) is 12.2. The molecule has 0 bridgehead atoms. The molecular weight excluding hydrogens is 568 g/mol. The van der Waals surface area contributed by atoms with E-state index in [2.05, 4.69) is 20.8 Å². The molecule has 12 atom stereocenters. The van der Waals surface area contributed by atoms with Gasteiger partial charge in [0.1, 0.15) is 18.8 Å². The zero-order chi connectivity index (χ0) is 31.9. The summed E-state index contributed by atoms with van der Waals surface area (Å²) in [5.74, 6) is -2.01. The van der Waals surface area contributed by atoms with Gasteiger partial charge in [0.2, 0.25) is 0 Å². The summed E-state index contributed by atoms with van der Waals surface area (Å²) >= 11 is 0. The average molecular weight is 615 g/mol. The van der Waals surface area contributed by atoms with E-state index in [1.165, 1.54) is 6.92 Å². The monoisotopic (exact) mass is 614 g/mol. The Morgan fingerprint density at radius 2 is 1.84 bits per heavy atom. The van der Waals surface area contributed by atoms with E-state index in [-0.39, 0.29) is 43.4 Å². The fraction of sp³-hybridized carbons (Fsp3) is 0.735. The Balaban J connectivity index is 1.58. The van der Waals surface area contributed by atoms with Gasteiger partial charge in [0.15, 0.2) is 6.29 Å². The molecule has 10 nitrogen and oxygen atoms in total. The minimum absolute atomic E-state index is 0.225. The van der Waals surface area contributed by atoms with E-state index in [0.717, 1.165) is 11.1 Å². The Morgan fingerprint density at radius 1 is 1.11 bits per heavy atom. The smallest absolute Gasteiger partial charge is 0.334 e. The van der Waals surface area contributed by atoms with Crippen molar-refractivity contribution < 1.29 is 47.9 Å². The van der Waals surface area contributed by atoms with Crippen LogP contribution in [0, 0.1) is 34.0 Å². The van der Waals surface area contributed by atoms with Gasteiger partial charge in [0, 0.05) is 66.1 Å². The van der Waals surface area contributed by atoms with Crippen LogP contribution in [-0.4, -0.2) is 80.1 Å². The van der Waals surface area contributed by atoms with Crippen LogP contribution in [0.3, 0.4) is 0 Å². The van der Waals surface area contributed by atoms with Crippen molar-refractivity contribution in [1.29, 1.82) is 0 Å². The highest BCUT2D eigenvalue weighted by Gasteiger charge is 2.77. The first kappa shape index (κ1) is 31.5. The van der Waals surface area contributed by atoms with Crippen LogP contribution < -0.4 is 0 Å². The molecule has 242 valence electrons. The molecule has 0 radical (unpaired) electrons. The average Bonchev–Trinajstić information content (AvgIpc) is 3.63. The van der Waals surface area contributed by atoms with E-state index < -0.39 is 65.0 Å². The van der Waals surface area contributed by atoms with E-state index in [9.17, 15) is 19.5 Å². The van der Waals surface area contributed by atoms with Gasteiger partial charge in [-0.15, -0.1) is 0 Å². The second-order valence-corrected chi connectivity index (χ2v) is 14.3. The standard InChI is InChI=1S/C34H46O10/c1-9-16(2)30(37)44-29-27-28-32(5,15-41-27)24(42-18(4)35)14-23(36)33(28,6)22-13-25(39-8)43-21-12-20(19-10-11-40-31(19)38)17(3)26(21)34(22,29)7/h9-10,20-25,27-29,36H,11-15H2,1-8H3/t20-,21+,22-,23+,24-,25-,27-,28+,29-,32-,33+,34-/m1/s1. The van der Waals surface area contributed by atoms with Crippen LogP contribution in [-0.2, 0) is 42.8 Å². The number of carbonyl (C=O) groups is 3. The number of hydrogen-bond donors (Lipinski definition) is 1. The van der Waals surface area contributed by atoms with Gasteiger partial charge in [-0.1, -0.05) is 32.4 Å². The van der Waals surface area contributed by atoms with Gasteiger partial charge in [-0.3, -0.25) is 4.79 Å². The molecule has 0 unspecified atom stereocenters. The van der Waals surface area contributed by atoms with Crippen molar-refractivity contribution in [2.24, 2.45) is 34.0 Å². The molecule has 1 N–H and O–H groups in total. The lowest BCUT2D eigenvalue weighted by Gasteiger charge is -2.66. The molecule has 0 aromatic heterocycles. The lowest BCUT2D eigenvalue weighted by atomic mass is 9.39. The first-order valence-corrected chi connectivity index (χ1v) is 15.8. The fourth-order valence-corrected chi connectivity index (χ4v) is 10.2. The number of aliphatic hydroxyl groups is 1. The molecule has 0 aromatic carbocycles. The number of esters is 3. The van der Waals surface area contributed by atoms with Crippen LogP contribution >= 0.6 is 0 Å². The molecule has 0 aromatic rings. The second-order valence-electron chi connectivity index (χ2n) is 14.3. The quantitative estimate of drug-likeness (QED) is 0.211. The van der Waals surface area contributed by atoms with Crippen LogP contribution in [0.15, 0.2) is 34.4 Å². The molecule has 4 fully saturated rings. The number of rotatable bonds is 5. The normalized spacial score (nSPS) is 46.4. The van der Waals surface area contributed by atoms with E-state index >= 15 is 0 Å². The Kier molecular flexibility index (Phi) is 7.71. The minimum atomic E-state index is -0.861. The van der Waals surface area contributed by atoms with Gasteiger partial charge in [-0.25, -0.2) is 9.59 Å². The third kappa shape index (κ3) is 4.23. The van der Waals surface area contributed by atoms with Gasteiger partial charge >= 0.3 is 17.9 Å². The topological polar surface area (TPSA) is 127 Å². The van der Waals surface area contributed by atoms with Gasteiger partial charge in [0.05, 0.1) is 24.9 Å². The zero-order valence-corrected chi connectivity index (χ0v) is 27.0. The number of hydrogen-bond acceptors (Lipinski definition) is 10. The van der Waals surface area contributed by atoms with Gasteiger partial charge < -0.3 is 33.5 Å². The number of fused-ring (bicyclic) bond motifs is 4. The van der Waals surface area contributed by atoms with Crippen LogP contribution in [0.1, 0.15) is 67.7 Å². The number of aliphatic hydroxyl groups excluding tert-OH is 1. The Bertz CT molecular complexity index is 1350. The highest BCUT2D eigenvalue weighted by molar-refractivity contribution is 5.92. The summed E-state index contributed by atoms with van der Waals surface area (Å²) < 4.78 is 37.0. The summed E-state index contributed by atoms with van der Waals surface area (Å²) in [5.41, 5.74) is 0.789. The summed E-state index contributed by atoms with van der Waals surface area (Å²) in [4.78, 5) is 38.6. The molecule has 2 saturated carbocycles. The van der Waals surface area contributed by atoms with Crippen molar-refractivity contribution in [1.82, 2.24) is 0 Å². The number of methoxy groups -OCH3 is 1. The van der Waals surface area contributed by atoms with E-state index in [4.69, 9.17) is 28.4 Å². The maximum absolute atomic E-state index is 13.6. The molecule has 10 heteroatoms. The molecule has 3 heterocycles. The molecule has 2 saturated heterocycles. The van der Waals surface area contributed by atoms with Crippen molar-refractivity contribution in [2.45, 2.75) is 105 Å². The van der Waals surface area contributed by atoms with E-state index in [0.29, 0.717) is 24.0 Å². The maximum atomic E-state index is 13.6. The SMILES string of the molecule is CC=C(C)C(=O)O[C@@H]1[C@@H]2OC[C@]3(C)[C@H](OC(C)=O)C[C@H](O)[C@@](C)([C@@H]23)[C@H]2C[C@H](OC)O[C@H]3C[C@@H](C4=CCOC4=O)C(C)=C3[C@]12C. The molecule has 0 spiro atoms. The van der Waals surface area contributed by atoms with Crippen molar-refractivity contribution in [3.8, 4) is 0 Å². The molecule has 44 heavy (non-hydrogen) atoms. The molecule has 6 rings (SSSR count). The zero-order valence-electron chi connectivity index (χ0n) is 27.0. The number of allylic oxidation sites excluding steroid dienone is 2. The Labute approximate surface area is 259 Å². The Morgan fingerprint density at radius 3 is 2.45 bits per heavy atom. The lowest BCUT2D eigenvalue weighted by Crippen LogP contribution is -2.72. The fourth-order valence-electron chi connectivity index (χ4n) is 10.2. The highest BCUT2D eigenvalue weighted by Crippen LogP contribution is 2.72. The van der Waals surface area contributed by atoms with Crippen LogP contribution in [0.2, 0.25) is 0 Å². The summed E-state index contributed by atoms with van der Waals surface area (Å²) in [7, 11) is 1.62. The summed E-state index contributed by atoms with van der Waals surface area (Å²) in [6.45, 7) is 13.7. The second kappa shape index (κ2) is 10.8. The summed E-state index contributed by atoms with van der Waals surface area (Å²) in [6.07, 6.45) is 0.999. The third-order valence-electron chi connectivity index (χ3n) is 12.3. The number of ether oxygens (including phenoxy) is 6. The molecule has 3 aliphatic carbocycles. The molecule has 6 aliphatic rings. The minimum Gasteiger partial charge on any atom is -0.462 e. The van der Waals surface area contributed by atoms with E-state index in [1.807, 2.05) is 13.0 Å². The highest BCUT2D eigenvalue weighted by atomic mass is 16.7. The summed E-state index contributed by atoms with van der Waals surface area (Å²) in [6, 6.07) is 0. The van der Waals surface area contributed by atoms with Crippen molar-refractivity contribution in [2.75, 3.05) is 20.3 Å². The number of carbonyl (C=O) groups excluding carboxylic acids is 3. The number of cyclic esters (lactones) is 1. The van der Waals surface area contributed by atoms with Gasteiger partial charge in [0.25, 0.3) is 0 Å². The predicted octanol–water partition coefficient (Wildman–Crippen LogP) is 3.81. The van der Waals surface area contributed by atoms with Crippen molar-refractivity contribution in [3.63, 3.8) is 0 Å². The molecule has 0 amide bonds. The lowest BCUT2D eigenvalue weighted by molar-refractivity contribution is -0.259. The third-order valence-corrected chi connectivity index (χ3v) is 12.3. The van der Waals surface area contributed by atoms with Gasteiger partial charge in [-0.2, -0.15) is 0 Å². The Hall–Kier alpha value is -2.53. The van der Waals surface area contributed by atoms with Crippen molar-refractivity contribution in [3.05, 3.63) is 34.4 Å². The first-order chi connectivity index (χ1) is 20.7. The molecular formula is C34H46O10. The predicted molar refractivity (Wildman–Crippen MR) is 157 cm³/mol. The van der Waals surface area contributed by atoms with E-state index in [1.54, 1.807) is 27.0 Å². The van der Waals surface area contributed by atoms with Crippen LogP contribution in [0.25, 0.3) is 0 Å². The van der Waals surface area contributed by atoms with Gasteiger partial charge in [-0.05, 0) is 44.8 Å². The first-order valence-electron chi connectivity index (χ1n) is 15.8.